The number of esters is 4. The first-order valence-electron chi connectivity index (χ1n) is 45.4. The highest BCUT2D eigenvalue weighted by atomic mass is 31.2. The summed E-state index contributed by atoms with van der Waals surface area (Å²) in [6, 6.07) is 0. The first-order valence-corrected chi connectivity index (χ1v) is 46.9. The number of phosphoric acid groups is 1. The van der Waals surface area contributed by atoms with E-state index in [0.717, 1.165) is 148 Å². The minimum Gasteiger partial charge on any atom is -0.463 e. The Morgan fingerprint density at radius 2 is 0.652 bits per heavy atom. The van der Waals surface area contributed by atoms with Gasteiger partial charge in [0.2, 0.25) is 0 Å². The zero-order valence-electron chi connectivity index (χ0n) is 71.1. The quantitative estimate of drug-likeness (QED) is 0.00889. The number of carbonyl (C=O) groups excluding carboxylic acids is 4. The van der Waals surface area contributed by atoms with E-state index >= 15 is 0 Å². The highest BCUT2D eigenvalue weighted by Gasteiger charge is 2.60. The van der Waals surface area contributed by atoms with Crippen molar-refractivity contribution in [2.24, 2.45) is 0 Å². The molecular weight excluding hydrogens is 1500 g/mol. The Hall–Kier alpha value is -3.57. The molecule has 0 bridgehead atoms. The van der Waals surface area contributed by atoms with Gasteiger partial charge in [-0.15, -0.1) is 0 Å². The molecule has 0 aromatic heterocycles. The first kappa shape index (κ1) is 106. The van der Waals surface area contributed by atoms with Crippen LogP contribution in [0.4, 0.5) is 0 Å². The van der Waals surface area contributed by atoms with E-state index < -0.39 is 162 Å². The molecule has 2 saturated heterocycles. The lowest BCUT2D eigenvalue weighted by Crippen LogP contribution is -2.70. The van der Waals surface area contributed by atoms with E-state index in [2.05, 4.69) is 76.3 Å². The van der Waals surface area contributed by atoms with Crippen molar-refractivity contribution >= 4 is 31.7 Å². The van der Waals surface area contributed by atoms with Crippen molar-refractivity contribution in [3.05, 3.63) is 48.6 Å². The van der Waals surface area contributed by atoms with Gasteiger partial charge in [-0.05, 0) is 128 Å². The van der Waals surface area contributed by atoms with Crippen LogP contribution in [0.2, 0.25) is 0 Å². The molecule has 18 atom stereocenters. The minimum absolute atomic E-state index is 0.00979. The second kappa shape index (κ2) is 68.0. The third kappa shape index (κ3) is 48.6. The van der Waals surface area contributed by atoms with Crippen LogP contribution in [0, 0.1) is 0 Å². The van der Waals surface area contributed by atoms with Crippen LogP contribution in [0.1, 0.15) is 362 Å². The molecule has 1 aliphatic carbocycles. The summed E-state index contributed by atoms with van der Waals surface area (Å²) in [6.45, 7) is 5.49. The summed E-state index contributed by atoms with van der Waals surface area (Å²) < 4.78 is 73.2. The molecule has 3 rings (SSSR count). The van der Waals surface area contributed by atoms with Gasteiger partial charge in [0.1, 0.15) is 92.6 Å². The van der Waals surface area contributed by atoms with Crippen LogP contribution >= 0.6 is 7.82 Å². The standard InChI is InChI=1S/C89H159O25P/c1-5-9-13-17-21-25-29-33-35-39-42-45-49-53-57-61-72(91)105-66-69(108-74(93)63-59-55-51-47-44-40-36-34-30-26-22-18-14-10-6-2)67-107-115(103,104)114-87-85(112-88-82(101)78(97)76(95)70(65-90)109-88)81(100)80(99)84(111-75(94)64-60-56-52-48-43-38-32-28-24-20-16-12-8-4)86(87)113-89-83(102)79(98)77(96)71(110-89)68-106-73(92)62-58-54-50-46-41-37-31-27-23-19-15-11-7-3/h25-26,29-30,37-38,41,43,69-71,76-90,95-102H,5-24,27-28,31-36,39-40,42,44-68H2,1-4H3,(H,103,104)/b29-25-,30-26-,41-37-,43-38-. The highest BCUT2D eigenvalue weighted by molar-refractivity contribution is 7.47. The minimum atomic E-state index is -5.81. The summed E-state index contributed by atoms with van der Waals surface area (Å²) >= 11 is 0. The number of allylic oxidation sites excluding steroid dienone is 8. The molecule has 26 heteroatoms. The summed E-state index contributed by atoms with van der Waals surface area (Å²) in [4.78, 5) is 66.3. The van der Waals surface area contributed by atoms with Crippen molar-refractivity contribution < 1.29 is 122 Å². The summed E-state index contributed by atoms with van der Waals surface area (Å²) in [7, 11) is -5.81. The molecule has 670 valence electrons. The number of ether oxygens (including phenoxy) is 8. The molecule has 0 amide bonds. The topological polar surface area (TPSA) is 380 Å². The number of rotatable bonds is 72. The molecule has 0 spiro atoms. The van der Waals surface area contributed by atoms with Gasteiger partial charge in [0, 0.05) is 25.7 Å². The van der Waals surface area contributed by atoms with Crippen LogP contribution < -0.4 is 0 Å². The first-order chi connectivity index (χ1) is 55.7. The van der Waals surface area contributed by atoms with Gasteiger partial charge >= 0.3 is 31.7 Å². The molecule has 1 saturated carbocycles. The lowest BCUT2D eigenvalue weighted by atomic mass is 9.84. The van der Waals surface area contributed by atoms with Crippen LogP contribution in [0.25, 0.3) is 0 Å². The number of hydrogen-bond donors (Lipinski definition) is 10. The van der Waals surface area contributed by atoms with Crippen LogP contribution in [0.3, 0.4) is 0 Å². The van der Waals surface area contributed by atoms with E-state index in [-0.39, 0.29) is 32.1 Å². The Balaban J connectivity index is 1.94. The average molecular weight is 1660 g/mol. The molecule has 3 fully saturated rings. The average Bonchev–Trinajstić information content (AvgIpc) is 0.754. The lowest BCUT2D eigenvalue weighted by molar-refractivity contribution is -0.360. The van der Waals surface area contributed by atoms with Gasteiger partial charge in [0.15, 0.2) is 24.8 Å². The summed E-state index contributed by atoms with van der Waals surface area (Å²) in [5.41, 5.74) is 0. The number of aliphatic hydroxyl groups excluding tert-OH is 9. The van der Waals surface area contributed by atoms with Gasteiger partial charge in [0.05, 0.1) is 13.2 Å². The van der Waals surface area contributed by atoms with E-state index in [1.807, 2.05) is 0 Å². The van der Waals surface area contributed by atoms with Gasteiger partial charge in [-0.2, -0.15) is 0 Å². The molecule has 10 N–H and O–H groups in total. The Labute approximate surface area is 690 Å². The second-order valence-electron chi connectivity index (χ2n) is 32.1. The van der Waals surface area contributed by atoms with Crippen molar-refractivity contribution in [2.75, 3.05) is 26.4 Å². The van der Waals surface area contributed by atoms with E-state index in [0.29, 0.717) is 44.9 Å². The molecule has 0 aromatic rings. The smallest absolute Gasteiger partial charge is 0.463 e. The van der Waals surface area contributed by atoms with Gasteiger partial charge in [-0.25, -0.2) is 4.57 Å². The zero-order chi connectivity index (χ0) is 84.0. The number of aliphatic hydroxyl groups is 9. The van der Waals surface area contributed by atoms with E-state index in [1.165, 1.54) is 109 Å². The number of unbranched alkanes of at least 4 members (excludes halogenated alkanes) is 40. The van der Waals surface area contributed by atoms with Crippen molar-refractivity contribution in [3.63, 3.8) is 0 Å². The predicted molar refractivity (Wildman–Crippen MR) is 444 cm³/mol. The SMILES string of the molecule is CCCCCC/C=C\CCCCCCCCCC(=O)OCC(COP(=O)(O)OC1C(OC2OC(CO)C(O)C(O)C2O)C(O)C(O)C(OC(=O)CCCCC/C=C\CCCCCCCC)C1OC1OC(COC(=O)CCCCC/C=C\CCCCCCCC)C(O)C(O)C1O)OC(=O)CCCCCCCCC/C=C\CCCCCC. The van der Waals surface area contributed by atoms with Crippen molar-refractivity contribution in [2.45, 2.75) is 466 Å². The zero-order valence-corrected chi connectivity index (χ0v) is 72.0. The van der Waals surface area contributed by atoms with Gasteiger partial charge < -0.3 is 88.7 Å². The molecule has 25 nitrogen and oxygen atoms in total. The molecular formula is C89H159O25P. The molecule has 0 aromatic carbocycles. The molecule has 2 heterocycles. The third-order valence-corrected chi connectivity index (χ3v) is 22.7. The monoisotopic (exact) mass is 1660 g/mol. The van der Waals surface area contributed by atoms with Gasteiger partial charge in [-0.3, -0.25) is 28.2 Å². The fourth-order valence-corrected chi connectivity index (χ4v) is 15.4. The van der Waals surface area contributed by atoms with Crippen LogP contribution in [-0.4, -0.2) is 205 Å². The normalized spacial score (nSPS) is 25.5. The maximum absolute atomic E-state index is 14.9. The molecule has 18 unspecified atom stereocenters. The summed E-state index contributed by atoms with van der Waals surface area (Å²) in [6.07, 6.45) is 29.9. The number of phosphoric ester groups is 1. The van der Waals surface area contributed by atoms with Gasteiger partial charge in [-0.1, -0.05) is 256 Å². The molecule has 2 aliphatic heterocycles. The second-order valence-corrected chi connectivity index (χ2v) is 33.5. The Bertz CT molecular complexity index is 2590. The Morgan fingerprint density at radius 1 is 0.339 bits per heavy atom. The summed E-state index contributed by atoms with van der Waals surface area (Å²) in [5, 5.41) is 102. The molecule has 3 aliphatic rings. The Kier molecular flexibility index (Phi) is 62.5. The number of carbonyl (C=O) groups is 4. The van der Waals surface area contributed by atoms with Gasteiger partial charge in [0.25, 0.3) is 0 Å². The lowest BCUT2D eigenvalue weighted by Gasteiger charge is -2.50. The van der Waals surface area contributed by atoms with E-state index in [9.17, 15) is 74.6 Å². The largest absolute Gasteiger partial charge is 0.472 e. The van der Waals surface area contributed by atoms with Crippen molar-refractivity contribution in [3.8, 4) is 0 Å². The third-order valence-electron chi connectivity index (χ3n) is 21.7. The molecule has 115 heavy (non-hydrogen) atoms. The van der Waals surface area contributed by atoms with Crippen LogP contribution in [0.15, 0.2) is 48.6 Å². The Morgan fingerprint density at radius 3 is 1.05 bits per heavy atom. The maximum atomic E-state index is 14.9. The maximum Gasteiger partial charge on any atom is 0.472 e. The fraction of sp³-hybridized carbons (Fsp3) is 0.865. The van der Waals surface area contributed by atoms with Crippen molar-refractivity contribution in [1.82, 2.24) is 0 Å². The summed E-state index contributed by atoms with van der Waals surface area (Å²) in [5.74, 6) is -3.02. The van der Waals surface area contributed by atoms with E-state index in [4.69, 9.17) is 46.9 Å². The van der Waals surface area contributed by atoms with Crippen molar-refractivity contribution in [1.29, 1.82) is 0 Å². The fourth-order valence-electron chi connectivity index (χ4n) is 14.5. The van der Waals surface area contributed by atoms with Crippen LogP contribution in [0.5, 0.6) is 0 Å². The molecule has 0 radical (unpaired) electrons. The van der Waals surface area contributed by atoms with E-state index in [1.54, 1.807) is 0 Å². The number of hydrogen-bond acceptors (Lipinski definition) is 24. The van der Waals surface area contributed by atoms with Crippen LogP contribution in [-0.2, 0) is 70.7 Å². The highest BCUT2D eigenvalue weighted by Crippen LogP contribution is 2.49. The predicted octanol–water partition coefficient (Wildman–Crippen LogP) is 16.1.